The van der Waals surface area contributed by atoms with E-state index in [-0.39, 0.29) is 17.2 Å². The van der Waals surface area contributed by atoms with Crippen molar-refractivity contribution in [1.29, 1.82) is 0 Å². The zero-order valence-electron chi connectivity index (χ0n) is 17.2. The molecular weight excluding hydrogens is 394 g/mol. The van der Waals surface area contributed by atoms with Gasteiger partial charge in [-0.1, -0.05) is 18.2 Å². The number of nitrogens with zero attached hydrogens (tertiary/aromatic N) is 3. The molecule has 1 amide bonds. The number of aryl methyl sites for hydroxylation is 1. The molecular formula is C23H23N5O3. The highest BCUT2D eigenvalue weighted by Crippen LogP contribution is 2.21. The molecule has 158 valence electrons. The fourth-order valence-corrected chi connectivity index (χ4v) is 3.52. The molecule has 2 aromatic carbocycles. The van der Waals surface area contributed by atoms with Gasteiger partial charge in [-0.3, -0.25) is 14.6 Å². The molecule has 0 atom stereocenters. The molecule has 8 nitrogen and oxygen atoms in total. The lowest BCUT2D eigenvalue weighted by molar-refractivity contribution is 0.0303. The molecule has 0 radical (unpaired) electrons. The van der Waals surface area contributed by atoms with Crippen LogP contribution < -0.4 is 11.4 Å². The van der Waals surface area contributed by atoms with E-state index in [2.05, 4.69) is 15.1 Å². The van der Waals surface area contributed by atoms with Crippen molar-refractivity contribution in [2.75, 3.05) is 26.3 Å². The summed E-state index contributed by atoms with van der Waals surface area (Å²) in [6, 6.07) is 14.5. The van der Waals surface area contributed by atoms with Gasteiger partial charge in [0.25, 0.3) is 11.5 Å². The van der Waals surface area contributed by atoms with E-state index in [4.69, 9.17) is 10.6 Å². The van der Waals surface area contributed by atoms with Crippen LogP contribution in [-0.4, -0.2) is 54.0 Å². The van der Waals surface area contributed by atoms with Crippen LogP contribution in [0, 0.1) is 6.92 Å². The van der Waals surface area contributed by atoms with Crippen LogP contribution in [0.5, 0.6) is 0 Å². The number of hydrogen-bond acceptors (Lipinski definition) is 6. The van der Waals surface area contributed by atoms with Gasteiger partial charge in [-0.2, -0.15) is 5.10 Å². The van der Waals surface area contributed by atoms with Crippen LogP contribution in [0.2, 0.25) is 0 Å². The van der Waals surface area contributed by atoms with Gasteiger partial charge in [-0.15, -0.1) is 0 Å². The number of H-pyrrole nitrogens is 1. The molecule has 2 heterocycles. The lowest BCUT2D eigenvalue weighted by Gasteiger charge is -2.27. The van der Waals surface area contributed by atoms with Crippen LogP contribution >= 0.6 is 0 Å². The minimum Gasteiger partial charge on any atom is -0.378 e. The number of morpholine rings is 1. The summed E-state index contributed by atoms with van der Waals surface area (Å²) in [7, 11) is 0. The fraction of sp³-hybridized carbons (Fsp3) is 0.217. The van der Waals surface area contributed by atoms with E-state index in [0.29, 0.717) is 43.1 Å². The van der Waals surface area contributed by atoms with Crippen molar-refractivity contribution in [3.05, 3.63) is 75.6 Å². The van der Waals surface area contributed by atoms with Gasteiger partial charge in [0.1, 0.15) is 5.71 Å². The molecule has 0 aliphatic carbocycles. The quantitative estimate of drug-likeness (QED) is 0.385. The summed E-state index contributed by atoms with van der Waals surface area (Å²) >= 11 is 0. The van der Waals surface area contributed by atoms with Gasteiger partial charge in [-0.05, 0) is 48.2 Å². The predicted octanol–water partition coefficient (Wildman–Crippen LogP) is 2.37. The van der Waals surface area contributed by atoms with Gasteiger partial charge < -0.3 is 20.5 Å². The molecule has 3 N–H and O–H groups in total. The van der Waals surface area contributed by atoms with Crippen LogP contribution in [0.15, 0.2) is 63.4 Å². The number of benzene rings is 2. The van der Waals surface area contributed by atoms with Crippen LogP contribution in [0.3, 0.4) is 0 Å². The second-order valence-electron chi connectivity index (χ2n) is 7.28. The van der Waals surface area contributed by atoms with E-state index in [0.717, 1.165) is 16.5 Å². The number of nitrogens with one attached hydrogen (secondary N) is 1. The number of ether oxygens (including phenoxy) is 1. The largest absolute Gasteiger partial charge is 0.378 e. The van der Waals surface area contributed by atoms with E-state index >= 15 is 0 Å². The number of aromatic nitrogens is 1. The third kappa shape index (κ3) is 4.39. The number of carbonyl (C=O) groups excluding carboxylic acids is 1. The number of rotatable bonds is 4. The van der Waals surface area contributed by atoms with Crippen molar-refractivity contribution >= 4 is 34.4 Å². The minimum absolute atomic E-state index is 0.0196. The summed E-state index contributed by atoms with van der Waals surface area (Å²) < 4.78 is 5.30. The van der Waals surface area contributed by atoms with Crippen molar-refractivity contribution in [2.45, 2.75) is 6.92 Å². The first-order chi connectivity index (χ1) is 15.1. The molecule has 1 aliphatic rings. The highest BCUT2D eigenvalue weighted by atomic mass is 16.5. The zero-order valence-corrected chi connectivity index (χ0v) is 17.2. The topological polar surface area (TPSA) is 113 Å². The number of pyridine rings is 1. The maximum atomic E-state index is 12.7. The van der Waals surface area contributed by atoms with Gasteiger partial charge in [0.2, 0.25) is 0 Å². The average Bonchev–Trinajstić information content (AvgIpc) is 2.80. The highest BCUT2D eigenvalue weighted by Gasteiger charge is 2.19. The Balaban J connectivity index is 1.58. The lowest BCUT2D eigenvalue weighted by atomic mass is 10.1. The van der Waals surface area contributed by atoms with E-state index in [1.54, 1.807) is 23.1 Å². The molecule has 1 fully saturated rings. The van der Waals surface area contributed by atoms with E-state index < -0.39 is 0 Å². The number of hydrogen-bond donors (Lipinski definition) is 2. The normalized spacial score (nSPS) is 15.0. The zero-order chi connectivity index (χ0) is 21.8. The van der Waals surface area contributed by atoms with Crippen LogP contribution in [0.25, 0.3) is 10.9 Å². The first-order valence-corrected chi connectivity index (χ1v) is 9.99. The third-order valence-corrected chi connectivity index (χ3v) is 5.24. The Kier molecular flexibility index (Phi) is 5.90. The van der Waals surface area contributed by atoms with Crippen LogP contribution in [0.1, 0.15) is 21.5 Å². The molecule has 1 aliphatic heterocycles. The Labute approximate surface area is 179 Å². The summed E-state index contributed by atoms with van der Waals surface area (Å²) in [5.74, 6) is 5.53. The van der Waals surface area contributed by atoms with Gasteiger partial charge in [0, 0.05) is 24.2 Å². The van der Waals surface area contributed by atoms with Crippen molar-refractivity contribution in [3.8, 4) is 0 Å². The number of fused-ring (bicyclic) bond motifs is 1. The molecule has 4 rings (SSSR count). The molecule has 0 saturated carbocycles. The summed E-state index contributed by atoms with van der Waals surface area (Å²) in [6.07, 6.45) is 1.46. The Bertz CT molecular complexity index is 1240. The standard InChI is InChI=1S/C23H23N5O3/c1-15-12-17(23(30)28-8-10-31-11-9-28)6-7-19(15)25-14-21(27-24)18-13-16-4-2-3-5-20(16)26-22(18)29/h2-7,12-14H,8-11,24H2,1H3,(H,26,29). The second kappa shape index (κ2) is 8.93. The van der Waals surface area contributed by atoms with Gasteiger partial charge >= 0.3 is 0 Å². The summed E-state index contributed by atoms with van der Waals surface area (Å²) in [6.45, 7) is 4.18. The molecule has 8 heteroatoms. The number of aliphatic imine (C=N–C) groups is 1. The number of carbonyl (C=O) groups is 1. The minimum atomic E-state index is -0.294. The molecule has 1 aromatic heterocycles. The maximum Gasteiger partial charge on any atom is 0.258 e. The Morgan fingerprint density at radius 2 is 1.94 bits per heavy atom. The number of para-hydroxylation sites is 1. The lowest BCUT2D eigenvalue weighted by Crippen LogP contribution is -2.40. The molecule has 3 aromatic rings. The number of aromatic amines is 1. The molecule has 31 heavy (non-hydrogen) atoms. The second-order valence-corrected chi connectivity index (χ2v) is 7.28. The summed E-state index contributed by atoms with van der Waals surface area (Å²) in [5.41, 5.74) is 3.15. The molecule has 0 spiro atoms. The summed E-state index contributed by atoms with van der Waals surface area (Å²) in [4.78, 5) is 34.2. The Morgan fingerprint density at radius 3 is 2.68 bits per heavy atom. The van der Waals surface area contributed by atoms with Crippen molar-refractivity contribution in [1.82, 2.24) is 9.88 Å². The van der Waals surface area contributed by atoms with Crippen LogP contribution in [-0.2, 0) is 4.74 Å². The molecule has 0 bridgehead atoms. The first-order valence-electron chi connectivity index (χ1n) is 9.99. The highest BCUT2D eigenvalue weighted by molar-refractivity contribution is 6.38. The van der Waals surface area contributed by atoms with E-state index in [1.165, 1.54) is 6.21 Å². The predicted molar refractivity (Wildman–Crippen MR) is 121 cm³/mol. The Hall–Kier alpha value is -3.78. The molecule has 1 saturated heterocycles. The van der Waals surface area contributed by atoms with Gasteiger partial charge in [-0.25, -0.2) is 0 Å². The number of amides is 1. The van der Waals surface area contributed by atoms with E-state index in [1.807, 2.05) is 37.3 Å². The van der Waals surface area contributed by atoms with Gasteiger partial charge in [0.15, 0.2) is 0 Å². The summed E-state index contributed by atoms with van der Waals surface area (Å²) in [5, 5.41) is 4.62. The smallest absolute Gasteiger partial charge is 0.258 e. The molecule has 0 unspecified atom stereocenters. The fourth-order valence-electron chi connectivity index (χ4n) is 3.52. The van der Waals surface area contributed by atoms with Crippen molar-refractivity contribution in [3.63, 3.8) is 0 Å². The monoisotopic (exact) mass is 417 g/mol. The number of hydrazone groups is 1. The van der Waals surface area contributed by atoms with Crippen molar-refractivity contribution < 1.29 is 9.53 Å². The first kappa shape index (κ1) is 20.5. The third-order valence-electron chi connectivity index (χ3n) is 5.24. The SMILES string of the molecule is Cc1cc(C(=O)N2CCOCC2)ccc1N=CC(=NN)c1cc2ccccc2[nH]c1=O. The van der Waals surface area contributed by atoms with Crippen molar-refractivity contribution in [2.24, 2.45) is 15.9 Å². The van der Waals surface area contributed by atoms with Gasteiger partial charge in [0.05, 0.1) is 30.7 Å². The number of nitrogens with two attached hydrogens (primary N) is 1. The van der Waals surface area contributed by atoms with Crippen LogP contribution in [0.4, 0.5) is 5.69 Å². The average molecular weight is 417 g/mol. The maximum absolute atomic E-state index is 12.7. The Morgan fingerprint density at radius 1 is 1.16 bits per heavy atom. The van der Waals surface area contributed by atoms with E-state index in [9.17, 15) is 9.59 Å².